The lowest BCUT2D eigenvalue weighted by Crippen LogP contribution is -2.63. The lowest BCUT2D eigenvalue weighted by molar-refractivity contribution is -0.307. The molecule has 11 nitrogen and oxygen atoms in total. The average Bonchev–Trinajstić information content (AvgIpc) is 2.54. The van der Waals surface area contributed by atoms with Crippen molar-refractivity contribution >= 4 is 36.3 Å². The molecular formula is C16H26ClNO10. The van der Waals surface area contributed by atoms with Crippen LogP contribution in [0.25, 0.3) is 0 Å². The van der Waals surface area contributed by atoms with E-state index in [-0.39, 0.29) is 32.2 Å². The van der Waals surface area contributed by atoms with Crippen LogP contribution in [-0.4, -0.2) is 74.3 Å². The summed E-state index contributed by atoms with van der Waals surface area (Å²) in [7, 11) is 0. The van der Waals surface area contributed by atoms with E-state index < -0.39 is 54.6 Å². The molecule has 12 heteroatoms. The first-order valence-electron chi connectivity index (χ1n) is 8.27. The highest BCUT2D eigenvalue weighted by molar-refractivity contribution is 5.85. The maximum Gasteiger partial charge on any atom is 0.303 e. The standard InChI is InChI=1S/C16H25NO10.ClH/c1-8(18)23-7-12-13(24-9(2)19)14(25-10(3)20)15(26-11(4)21)16(27-12)22-6-5-17;/h12-16H,5-7,17H2,1-4H3;1H/t12-,13-,14+,15+,16+;/m1./s1. The number of hydrogen-bond donors (Lipinski definition) is 1. The van der Waals surface area contributed by atoms with Crippen LogP contribution in [0, 0.1) is 0 Å². The second-order valence-corrected chi connectivity index (χ2v) is 5.73. The van der Waals surface area contributed by atoms with Crippen LogP contribution in [-0.2, 0) is 47.6 Å². The van der Waals surface area contributed by atoms with Gasteiger partial charge in [-0.15, -0.1) is 12.4 Å². The van der Waals surface area contributed by atoms with E-state index in [1.165, 1.54) is 6.92 Å². The van der Waals surface area contributed by atoms with Gasteiger partial charge in [0.1, 0.15) is 12.7 Å². The van der Waals surface area contributed by atoms with E-state index in [1.807, 2.05) is 0 Å². The lowest BCUT2D eigenvalue weighted by atomic mass is 9.98. The minimum atomic E-state index is -1.24. The molecule has 5 atom stereocenters. The molecule has 1 rings (SSSR count). The topological polar surface area (TPSA) is 150 Å². The second-order valence-electron chi connectivity index (χ2n) is 5.73. The van der Waals surface area contributed by atoms with Crippen LogP contribution in [0.5, 0.6) is 0 Å². The van der Waals surface area contributed by atoms with Crippen molar-refractivity contribution in [3.05, 3.63) is 0 Å². The fourth-order valence-electron chi connectivity index (χ4n) is 2.51. The van der Waals surface area contributed by atoms with E-state index in [2.05, 4.69) is 0 Å². The van der Waals surface area contributed by atoms with Gasteiger partial charge in [0.15, 0.2) is 24.6 Å². The van der Waals surface area contributed by atoms with Crippen molar-refractivity contribution < 1.29 is 47.6 Å². The molecule has 0 aromatic rings. The number of nitrogens with two attached hydrogens (primary N) is 1. The first-order valence-corrected chi connectivity index (χ1v) is 8.27. The van der Waals surface area contributed by atoms with Crippen molar-refractivity contribution in [2.24, 2.45) is 5.73 Å². The number of hydrogen-bond acceptors (Lipinski definition) is 11. The summed E-state index contributed by atoms with van der Waals surface area (Å²) in [6.45, 7) is 4.52. The molecule has 0 aliphatic carbocycles. The third kappa shape index (κ3) is 8.38. The highest BCUT2D eigenvalue weighted by atomic mass is 35.5. The Labute approximate surface area is 168 Å². The first-order chi connectivity index (χ1) is 12.6. The number of ether oxygens (including phenoxy) is 6. The van der Waals surface area contributed by atoms with E-state index in [9.17, 15) is 19.2 Å². The van der Waals surface area contributed by atoms with Gasteiger partial charge in [-0.05, 0) is 0 Å². The van der Waals surface area contributed by atoms with Gasteiger partial charge >= 0.3 is 23.9 Å². The summed E-state index contributed by atoms with van der Waals surface area (Å²) in [6.07, 6.45) is -5.89. The molecule has 1 aliphatic rings. The van der Waals surface area contributed by atoms with E-state index in [0.29, 0.717) is 0 Å². The predicted molar refractivity (Wildman–Crippen MR) is 94.2 cm³/mol. The Bertz CT molecular complexity index is 558. The molecule has 0 saturated carbocycles. The molecule has 0 unspecified atom stereocenters. The number of rotatable bonds is 8. The first kappa shape index (κ1) is 26.1. The van der Waals surface area contributed by atoms with E-state index in [1.54, 1.807) is 0 Å². The van der Waals surface area contributed by atoms with Gasteiger partial charge in [0.05, 0.1) is 6.61 Å². The highest BCUT2D eigenvalue weighted by Gasteiger charge is 2.52. The van der Waals surface area contributed by atoms with Crippen LogP contribution in [0.15, 0.2) is 0 Å². The summed E-state index contributed by atoms with van der Waals surface area (Å²) in [6, 6.07) is 0. The quantitative estimate of drug-likeness (QED) is 0.393. The van der Waals surface area contributed by atoms with Crippen LogP contribution in [0.1, 0.15) is 27.7 Å². The predicted octanol–water partition coefficient (Wildman–Crippen LogP) is -0.533. The molecule has 1 aliphatic heterocycles. The van der Waals surface area contributed by atoms with Gasteiger partial charge in [0, 0.05) is 34.2 Å². The monoisotopic (exact) mass is 427 g/mol. The number of carbonyl (C=O) groups excluding carboxylic acids is 4. The fraction of sp³-hybridized carbons (Fsp3) is 0.750. The van der Waals surface area contributed by atoms with E-state index >= 15 is 0 Å². The van der Waals surface area contributed by atoms with Crippen LogP contribution in [0.2, 0.25) is 0 Å². The lowest BCUT2D eigenvalue weighted by Gasteiger charge is -2.44. The SMILES string of the molecule is CC(=O)OC[C@H]1O[C@H](OCCN)[C@@H](OC(C)=O)[C@@H](OC(C)=O)[C@@H]1OC(C)=O.Cl. The Kier molecular flexibility index (Phi) is 11.6. The Morgan fingerprint density at radius 3 is 1.79 bits per heavy atom. The summed E-state index contributed by atoms with van der Waals surface area (Å²) < 4.78 is 31.7. The summed E-state index contributed by atoms with van der Waals surface area (Å²) in [5.41, 5.74) is 5.42. The van der Waals surface area contributed by atoms with Gasteiger partial charge in [0.25, 0.3) is 0 Å². The van der Waals surface area contributed by atoms with Crippen molar-refractivity contribution in [1.82, 2.24) is 0 Å². The van der Waals surface area contributed by atoms with Crippen molar-refractivity contribution in [2.75, 3.05) is 19.8 Å². The zero-order valence-corrected chi connectivity index (χ0v) is 16.9. The molecule has 0 spiro atoms. The van der Waals surface area contributed by atoms with Crippen molar-refractivity contribution in [1.29, 1.82) is 0 Å². The Hall–Kier alpha value is -1.95. The Balaban J connectivity index is 0.00000729. The second kappa shape index (κ2) is 12.5. The number of halogens is 1. The van der Waals surface area contributed by atoms with Gasteiger partial charge in [0.2, 0.25) is 0 Å². The minimum Gasteiger partial charge on any atom is -0.463 e. The van der Waals surface area contributed by atoms with Crippen LogP contribution < -0.4 is 5.73 Å². The molecule has 1 fully saturated rings. The van der Waals surface area contributed by atoms with E-state index in [0.717, 1.165) is 20.8 Å². The molecule has 1 heterocycles. The van der Waals surface area contributed by atoms with E-state index in [4.69, 9.17) is 34.2 Å². The largest absolute Gasteiger partial charge is 0.463 e. The molecule has 1 saturated heterocycles. The van der Waals surface area contributed by atoms with Crippen molar-refractivity contribution in [3.8, 4) is 0 Å². The van der Waals surface area contributed by atoms with Crippen LogP contribution >= 0.6 is 12.4 Å². The van der Waals surface area contributed by atoms with Gasteiger partial charge in [-0.1, -0.05) is 0 Å². The van der Waals surface area contributed by atoms with Gasteiger partial charge in [-0.2, -0.15) is 0 Å². The zero-order valence-electron chi connectivity index (χ0n) is 16.1. The molecular weight excluding hydrogens is 402 g/mol. The molecule has 0 radical (unpaired) electrons. The summed E-state index contributed by atoms with van der Waals surface area (Å²) >= 11 is 0. The normalized spacial score (nSPS) is 26.4. The van der Waals surface area contributed by atoms with Crippen LogP contribution in [0.3, 0.4) is 0 Å². The summed E-state index contributed by atoms with van der Waals surface area (Å²) in [5, 5.41) is 0. The van der Waals surface area contributed by atoms with Gasteiger partial charge in [-0.3, -0.25) is 19.2 Å². The molecule has 0 amide bonds. The number of esters is 4. The number of carbonyl (C=O) groups is 4. The highest BCUT2D eigenvalue weighted by Crippen LogP contribution is 2.29. The molecule has 0 aromatic heterocycles. The summed E-state index contributed by atoms with van der Waals surface area (Å²) in [4.78, 5) is 45.8. The molecule has 162 valence electrons. The van der Waals surface area contributed by atoms with Crippen molar-refractivity contribution in [3.63, 3.8) is 0 Å². The molecule has 0 bridgehead atoms. The fourth-order valence-corrected chi connectivity index (χ4v) is 2.51. The minimum absolute atomic E-state index is 0. The third-order valence-electron chi connectivity index (χ3n) is 3.35. The van der Waals surface area contributed by atoms with Gasteiger partial charge < -0.3 is 34.2 Å². The average molecular weight is 428 g/mol. The molecule has 2 N–H and O–H groups in total. The maximum atomic E-state index is 11.6. The smallest absolute Gasteiger partial charge is 0.303 e. The summed E-state index contributed by atoms with van der Waals surface area (Å²) in [5.74, 6) is -2.69. The van der Waals surface area contributed by atoms with Crippen LogP contribution in [0.4, 0.5) is 0 Å². The van der Waals surface area contributed by atoms with Gasteiger partial charge in [-0.25, -0.2) is 0 Å². The maximum absolute atomic E-state index is 11.6. The molecule has 0 aromatic carbocycles. The third-order valence-corrected chi connectivity index (χ3v) is 3.35. The Morgan fingerprint density at radius 2 is 1.32 bits per heavy atom. The Morgan fingerprint density at radius 1 is 0.821 bits per heavy atom. The zero-order chi connectivity index (χ0) is 20.6. The van der Waals surface area contributed by atoms with Crippen molar-refractivity contribution in [2.45, 2.75) is 58.4 Å². The molecule has 28 heavy (non-hydrogen) atoms.